The molecule has 0 fully saturated rings. The number of hydrogen-bond acceptors (Lipinski definition) is 7. The Balaban J connectivity index is 4.06. The molecule has 0 rings (SSSR count). The first kappa shape index (κ1) is 70.8. The van der Waals surface area contributed by atoms with E-state index in [1.807, 2.05) is 21.1 Å². The van der Waals surface area contributed by atoms with Crippen molar-refractivity contribution in [1.29, 1.82) is 0 Å². The summed E-state index contributed by atoms with van der Waals surface area (Å²) in [6.45, 7) is 4.51. The molecule has 0 amide bonds. The molecule has 0 aliphatic carbocycles. The average Bonchev–Trinajstić information content (AvgIpc) is 3.34. The molecule has 0 heterocycles. The van der Waals surface area contributed by atoms with E-state index in [-0.39, 0.29) is 25.6 Å². The molecule has 2 unspecified atom stereocenters. The van der Waals surface area contributed by atoms with Crippen molar-refractivity contribution < 1.29 is 42.1 Å². The van der Waals surface area contributed by atoms with Gasteiger partial charge in [-0.05, 0) is 38.5 Å². The highest BCUT2D eigenvalue weighted by Gasteiger charge is 2.27. The maximum absolute atomic E-state index is 12.8. The molecule has 0 radical (unpaired) electrons. The number of rotatable bonds is 59. The van der Waals surface area contributed by atoms with Crippen molar-refractivity contribution in [3.63, 3.8) is 0 Å². The van der Waals surface area contributed by atoms with Crippen molar-refractivity contribution in [1.82, 2.24) is 0 Å². The van der Waals surface area contributed by atoms with Crippen LogP contribution in [0.25, 0.3) is 0 Å². The van der Waals surface area contributed by atoms with Gasteiger partial charge in [-0.15, -0.1) is 0 Å². The van der Waals surface area contributed by atoms with E-state index in [2.05, 4.69) is 26.0 Å². The van der Waals surface area contributed by atoms with E-state index in [4.69, 9.17) is 18.5 Å². The first-order valence-corrected chi connectivity index (χ1v) is 32.9. The molecular weight excluding hydrogens is 918 g/mol. The summed E-state index contributed by atoms with van der Waals surface area (Å²) in [4.78, 5) is 35.7. The van der Waals surface area contributed by atoms with E-state index in [9.17, 15) is 19.0 Å². The summed E-state index contributed by atoms with van der Waals surface area (Å²) in [5.41, 5.74) is 0. The molecule has 72 heavy (non-hydrogen) atoms. The highest BCUT2D eigenvalue weighted by molar-refractivity contribution is 7.47. The summed E-state index contributed by atoms with van der Waals surface area (Å²) in [6.07, 6.45) is 64.3. The summed E-state index contributed by atoms with van der Waals surface area (Å²) in [6, 6.07) is 0. The van der Waals surface area contributed by atoms with E-state index in [1.165, 1.54) is 257 Å². The number of likely N-dealkylation sites (N-methyl/N-ethyl adjacent to an activating group) is 1. The zero-order chi connectivity index (χ0) is 52.7. The number of ether oxygens (including phenoxy) is 2. The zero-order valence-electron chi connectivity index (χ0n) is 48.7. The third-order valence-electron chi connectivity index (χ3n) is 14.3. The van der Waals surface area contributed by atoms with E-state index < -0.39 is 26.5 Å². The average molecular weight is 1040 g/mol. The van der Waals surface area contributed by atoms with Crippen molar-refractivity contribution in [2.24, 2.45) is 0 Å². The third-order valence-corrected chi connectivity index (χ3v) is 15.3. The second-order valence-corrected chi connectivity index (χ2v) is 24.3. The van der Waals surface area contributed by atoms with Crippen LogP contribution in [0, 0.1) is 0 Å². The topological polar surface area (TPSA) is 108 Å². The second-order valence-electron chi connectivity index (χ2n) is 22.8. The van der Waals surface area contributed by atoms with Gasteiger partial charge in [0.1, 0.15) is 19.8 Å². The van der Waals surface area contributed by atoms with Crippen molar-refractivity contribution in [2.75, 3.05) is 47.5 Å². The molecule has 2 atom stereocenters. The van der Waals surface area contributed by atoms with Gasteiger partial charge in [-0.1, -0.05) is 283 Å². The summed E-state index contributed by atoms with van der Waals surface area (Å²) >= 11 is 0. The molecule has 0 bridgehead atoms. The molecule has 1 N–H and O–H groups in total. The van der Waals surface area contributed by atoms with E-state index in [1.54, 1.807) is 0 Å². The molecule has 0 saturated carbocycles. The number of carbonyl (C=O) groups is 2. The van der Waals surface area contributed by atoms with Crippen LogP contribution in [0.15, 0.2) is 12.2 Å². The van der Waals surface area contributed by atoms with Crippen LogP contribution in [-0.4, -0.2) is 74.9 Å². The van der Waals surface area contributed by atoms with Crippen molar-refractivity contribution in [3.05, 3.63) is 12.2 Å². The molecule has 10 heteroatoms. The van der Waals surface area contributed by atoms with Gasteiger partial charge in [0.2, 0.25) is 0 Å². The van der Waals surface area contributed by atoms with Gasteiger partial charge in [0.05, 0.1) is 27.7 Å². The molecule has 0 saturated heterocycles. The molecule has 0 spiro atoms. The lowest BCUT2D eigenvalue weighted by Gasteiger charge is -2.24. The highest BCUT2D eigenvalue weighted by atomic mass is 31.2. The van der Waals surface area contributed by atoms with Gasteiger partial charge in [0.15, 0.2) is 6.10 Å². The second kappa shape index (κ2) is 54.5. The van der Waals surface area contributed by atoms with Crippen LogP contribution < -0.4 is 0 Å². The predicted octanol–water partition coefficient (Wildman–Crippen LogP) is 19.6. The number of unbranched alkanes of at least 4 members (excludes halogenated alkanes) is 43. The monoisotopic (exact) mass is 1040 g/mol. The number of carbonyl (C=O) groups excluding carboxylic acids is 2. The number of esters is 2. The van der Waals surface area contributed by atoms with Gasteiger partial charge < -0.3 is 18.9 Å². The van der Waals surface area contributed by atoms with Crippen LogP contribution >= 0.6 is 7.82 Å². The predicted molar refractivity (Wildman–Crippen MR) is 308 cm³/mol. The number of quaternary nitrogens is 1. The Morgan fingerprint density at radius 3 is 1.03 bits per heavy atom. The Bertz CT molecular complexity index is 1220. The summed E-state index contributed by atoms with van der Waals surface area (Å²) < 4.78 is 34.7. The molecule has 9 nitrogen and oxygen atoms in total. The minimum absolute atomic E-state index is 0.0361. The Labute approximate surface area is 447 Å². The van der Waals surface area contributed by atoms with Crippen LogP contribution in [0.4, 0.5) is 0 Å². The zero-order valence-corrected chi connectivity index (χ0v) is 49.6. The standard InChI is InChI=1S/C62H122NO8P/c1-6-8-10-12-14-16-18-20-22-24-26-28-29-30-31-32-33-35-37-39-41-43-45-47-49-51-53-55-62(65)71-60(59-70-72(66,67)69-57-56-63(3,4)5)58-68-61(64)54-52-50-48-46-44-42-40-38-36-34-27-25-23-21-19-17-15-13-11-9-7-2/h24,26,60H,6-23,25,27-59H2,1-5H3/p+1/b26-24-. The van der Waals surface area contributed by atoms with Crippen LogP contribution in [0.2, 0.25) is 0 Å². The van der Waals surface area contributed by atoms with Gasteiger partial charge in [0.25, 0.3) is 0 Å². The minimum atomic E-state index is -4.38. The molecular formula is C62H123NO8P+. The molecule has 428 valence electrons. The van der Waals surface area contributed by atoms with Crippen LogP contribution in [0.3, 0.4) is 0 Å². The fourth-order valence-electron chi connectivity index (χ4n) is 9.43. The van der Waals surface area contributed by atoms with Crippen molar-refractivity contribution >= 4 is 19.8 Å². The lowest BCUT2D eigenvalue weighted by atomic mass is 10.0. The Kier molecular flexibility index (Phi) is 53.6. The number of nitrogens with zero attached hydrogens (tertiary/aromatic N) is 1. The first-order valence-electron chi connectivity index (χ1n) is 31.4. The largest absolute Gasteiger partial charge is 0.472 e. The quantitative estimate of drug-likeness (QED) is 0.0211. The van der Waals surface area contributed by atoms with Gasteiger partial charge in [-0.25, -0.2) is 4.57 Å². The summed E-state index contributed by atoms with van der Waals surface area (Å²) in [7, 11) is 1.50. The van der Waals surface area contributed by atoms with Crippen molar-refractivity contribution in [3.8, 4) is 0 Å². The van der Waals surface area contributed by atoms with E-state index in [0.717, 1.165) is 32.1 Å². The SMILES string of the molecule is CCCCCCCCCC/C=C\CCCCCCCCCCCCCCCCCC(=O)OC(COC(=O)CCCCCCCCCCCCCCCCCCCCCCC)COP(=O)(O)OCC[N+](C)(C)C. The Morgan fingerprint density at radius 2 is 0.708 bits per heavy atom. The van der Waals surface area contributed by atoms with Gasteiger partial charge in [-0.2, -0.15) is 0 Å². The Morgan fingerprint density at radius 1 is 0.417 bits per heavy atom. The number of allylic oxidation sites excluding steroid dienone is 2. The maximum Gasteiger partial charge on any atom is 0.472 e. The smallest absolute Gasteiger partial charge is 0.462 e. The third kappa shape index (κ3) is 58.0. The van der Waals surface area contributed by atoms with Crippen LogP contribution in [-0.2, 0) is 32.7 Å². The maximum atomic E-state index is 12.8. The lowest BCUT2D eigenvalue weighted by Crippen LogP contribution is -2.37. The van der Waals surface area contributed by atoms with Crippen molar-refractivity contribution in [2.45, 2.75) is 328 Å². The Hall–Kier alpha value is -1.25. The number of phosphoric ester groups is 1. The molecule has 0 aromatic rings. The summed E-state index contributed by atoms with van der Waals surface area (Å²) in [5, 5.41) is 0. The fraction of sp³-hybridized carbons (Fsp3) is 0.935. The highest BCUT2D eigenvalue weighted by Crippen LogP contribution is 2.43. The molecule has 0 aliphatic rings. The van der Waals surface area contributed by atoms with Gasteiger partial charge in [-0.3, -0.25) is 18.6 Å². The van der Waals surface area contributed by atoms with Gasteiger partial charge in [0, 0.05) is 12.8 Å². The summed E-state index contributed by atoms with van der Waals surface area (Å²) in [5.74, 6) is -0.775. The first-order chi connectivity index (χ1) is 35.0. The normalized spacial score (nSPS) is 13.2. The lowest BCUT2D eigenvalue weighted by molar-refractivity contribution is -0.870. The molecule has 0 aromatic heterocycles. The van der Waals surface area contributed by atoms with E-state index in [0.29, 0.717) is 23.9 Å². The van der Waals surface area contributed by atoms with Gasteiger partial charge >= 0.3 is 19.8 Å². The van der Waals surface area contributed by atoms with E-state index >= 15 is 0 Å². The fourth-order valence-corrected chi connectivity index (χ4v) is 10.2. The number of phosphoric acid groups is 1. The molecule has 0 aromatic carbocycles. The molecule has 0 aliphatic heterocycles. The van der Waals surface area contributed by atoms with Crippen LogP contribution in [0.5, 0.6) is 0 Å². The number of hydrogen-bond donors (Lipinski definition) is 1. The van der Waals surface area contributed by atoms with Crippen LogP contribution in [0.1, 0.15) is 322 Å². The minimum Gasteiger partial charge on any atom is -0.462 e.